The Hall–Kier alpha value is -0.420. The van der Waals surface area contributed by atoms with E-state index in [0.717, 1.165) is 6.54 Å². The number of hydrogen-bond donors (Lipinski definition) is 3. The predicted molar refractivity (Wildman–Crippen MR) is 58.5 cm³/mol. The Bertz CT molecular complexity index is 172. The number of aliphatic hydroxyl groups is 1. The molecular weight excluding hydrogens is 200 g/mol. The van der Waals surface area contributed by atoms with Crippen LogP contribution in [0.1, 0.15) is 12.8 Å². The molecule has 0 aromatic carbocycles. The SMILES string of the molecule is O=C(NCCO)NCC1CCSCC1. The molecule has 0 aromatic rings. The molecule has 0 bridgehead atoms. The molecule has 0 saturated carbocycles. The summed E-state index contributed by atoms with van der Waals surface area (Å²) < 4.78 is 0. The van der Waals surface area contributed by atoms with Crippen molar-refractivity contribution in [3.63, 3.8) is 0 Å². The Morgan fingerprint density at radius 1 is 1.36 bits per heavy atom. The second kappa shape index (κ2) is 6.95. The normalized spacial score (nSPS) is 17.8. The van der Waals surface area contributed by atoms with E-state index in [1.807, 2.05) is 11.8 Å². The van der Waals surface area contributed by atoms with Crippen molar-refractivity contribution in [2.24, 2.45) is 5.92 Å². The number of thioether (sulfide) groups is 1. The smallest absolute Gasteiger partial charge is 0.314 e. The summed E-state index contributed by atoms with van der Waals surface area (Å²) in [6.45, 7) is 1.08. The van der Waals surface area contributed by atoms with Gasteiger partial charge in [-0.15, -0.1) is 0 Å². The van der Waals surface area contributed by atoms with E-state index in [1.54, 1.807) is 0 Å². The van der Waals surface area contributed by atoms with Crippen LogP contribution in [0.2, 0.25) is 0 Å². The fourth-order valence-corrected chi connectivity index (χ4v) is 2.62. The second-order valence-electron chi connectivity index (χ2n) is 3.42. The van der Waals surface area contributed by atoms with E-state index < -0.39 is 0 Å². The molecular formula is C9H18N2O2S. The molecule has 2 amide bonds. The van der Waals surface area contributed by atoms with E-state index in [4.69, 9.17) is 5.11 Å². The van der Waals surface area contributed by atoms with E-state index in [-0.39, 0.29) is 12.6 Å². The van der Waals surface area contributed by atoms with Crippen LogP contribution in [-0.4, -0.2) is 42.3 Å². The third kappa shape index (κ3) is 4.72. The first-order chi connectivity index (χ1) is 6.83. The highest BCUT2D eigenvalue weighted by Crippen LogP contribution is 2.21. The summed E-state index contributed by atoms with van der Waals surface area (Å²) in [6.07, 6.45) is 2.40. The van der Waals surface area contributed by atoms with Crippen LogP contribution >= 0.6 is 11.8 Å². The molecule has 0 aliphatic carbocycles. The van der Waals surface area contributed by atoms with Gasteiger partial charge in [0, 0.05) is 13.1 Å². The van der Waals surface area contributed by atoms with Crippen molar-refractivity contribution in [3.05, 3.63) is 0 Å². The Morgan fingerprint density at radius 2 is 2.07 bits per heavy atom. The average Bonchev–Trinajstić information content (AvgIpc) is 2.25. The van der Waals surface area contributed by atoms with Crippen molar-refractivity contribution in [3.8, 4) is 0 Å². The molecule has 1 rings (SSSR count). The van der Waals surface area contributed by atoms with Crippen LogP contribution in [0.4, 0.5) is 4.79 Å². The Labute approximate surface area is 88.8 Å². The minimum Gasteiger partial charge on any atom is -0.395 e. The van der Waals surface area contributed by atoms with Gasteiger partial charge in [0.05, 0.1) is 6.61 Å². The zero-order valence-corrected chi connectivity index (χ0v) is 9.11. The van der Waals surface area contributed by atoms with Crippen LogP contribution in [0.5, 0.6) is 0 Å². The second-order valence-corrected chi connectivity index (χ2v) is 4.64. The largest absolute Gasteiger partial charge is 0.395 e. The Kier molecular flexibility index (Phi) is 5.78. The highest BCUT2D eigenvalue weighted by molar-refractivity contribution is 7.99. The highest BCUT2D eigenvalue weighted by Gasteiger charge is 2.13. The molecule has 3 N–H and O–H groups in total. The van der Waals surface area contributed by atoms with E-state index in [0.29, 0.717) is 12.5 Å². The van der Waals surface area contributed by atoms with Gasteiger partial charge in [-0.2, -0.15) is 11.8 Å². The van der Waals surface area contributed by atoms with Crippen LogP contribution in [-0.2, 0) is 0 Å². The number of rotatable bonds is 4. The molecule has 1 saturated heterocycles. The van der Waals surface area contributed by atoms with Gasteiger partial charge in [-0.1, -0.05) is 0 Å². The molecule has 0 atom stereocenters. The lowest BCUT2D eigenvalue weighted by Gasteiger charge is -2.21. The van der Waals surface area contributed by atoms with Gasteiger partial charge in [-0.05, 0) is 30.3 Å². The molecule has 14 heavy (non-hydrogen) atoms. The zero-order chi connectivity index (χ0) is 10.2. The van der Waals surface area contributed by atoms with Gasteiger partial charge in [0.15, 0.2) is 0 Å². The summed E-state index contributed by atoms with van der Waals surface area (Å²) >= 11 is 1.99. The average molecular weight is 218 g/mol. The molecule has 1 fully saturated rings. The molecule has 4 nitrogen and oxygen atoms in total. The topological polar surface area (TPSA) is 61.4 Å². The first-order valence-electron chi connectivity index (χ1n) is 5.03. The number of carbonyl (C=O) groups is 1. The summed E-state index contributed by atoms with van der Waals surface area (Å²) in [5.41, 5.74) is 0. The molecule has 5 heteroatoms. The molecule has 82 valence electrons. The lowest BCUT2D eigenvalue weighted by molar-refractivity contribution is 0.232. The van der Waals surface area contributed by atoms with E-state index in [9.17, 15) is 4.79 Å². The number of hydrogen-bond acceptors (Lipinski definition) is 3. The highest BCUT2D eigenvalue weighted by atomic mass is 32.2. The fraction of sp³-hybridized carbons (Fsp3) is 0.889. The van der Waals surface area contributed by atoms with Gasteiger partial charge in [0.25, 0.3) is 0 Å². The Morgan fingerprint density at radius 3 is 2.71 bits per heavy atom. The number of urea groups is 1. The van der Waals surface area contributed by atoms with E-state index >= 15 is 0 Å². The van der Waals surface area contributed by atoms with E-state index in [1.165, 1.54) is 24.3 Å². The van der Waals surface area contributed by atoms with Crippen molar-refractivity contribution in [1.29, 1.82) is 0 Å². The van der Waals surface area contributed by atoms with Crippen LogP contribution in [0.25, 0.3) is 0 Å². The van der Waals surface area contributed by atoms with Gasteiger partial charge in [0.2, 0.25) is 0 Å². The minimum absolute atomic E-state index is 0.00646. The third-order valence-corrected chi connectivity index (χ3v) is 3.34. The molecule has 0 spiro atoms. The maximum Gasteiger partial charge on any atom is 0.314 e. The Balaban J connectivity index is 2.03. The number of nitrogens with one attached hydrogen (secondary N) is 2. The summed E-state index contributed by atoms with van der Waals surface area (Å²) in [4.78, 5) is 11.1. The van der Waals surface area contributed by atoms with Gasteiger partial charge in [-0.3, -0.25) is 0 Å². The minimum atomic E-state index is -0.169. The predicted octanol–water partition coefficient (Wildman–Crippen LogP) is 0.421. The summed E-state index contributed by atoms with van der Waals surface area (Å²) in [7, 11) is 0. The summed E-state index contributed by atoms with van der Waals surface area (Å²) in [5, 5.41) is 13.9. The van der Waals surface area contributed by atoms with Gasteiger partial charge in [-0.25, -0.2) is 4.79 Å². The van der Waals surface area contributed by atoms with Crippen LogP contribution in [0.15, 0.2) is 0 Å². The van der Waals surface area contributed by atoms with Gasteiger partial charge < -0.3 is 15.7 Å². The number of amides is 2. The monoisotopic (exact) mass is 218 g/mol. The van der Waals surface area contributed by atoms with Gasteiger partial charge >= 0.3 is 6.03 Å². The first kappa shape index (κ1) is 11.7. The number of aliphatic hydroxyl groups excluding tert-OH is 1. The standard InChI is InChI=1S/C9H18N2O2S/c12-4-3-10-9(13)11-7-8-1-5-14-6-2-8/h8,12H,1-7H2,(H2,10,11,13). The number of carbonyl (C=O) groups excluding carboxylic acids is 1. The van der Waals surface area contributed by atoms with Crippen molar-refractivity contribution >= 4 is 17.8 Å². The quantitative estimate of drug-likeness (QED) is 0.641. The summed E-state index contributed by atoms with van der Waals surface area (Å²) in [5.74, 6) is 3.06. The molecule has 1 aliphatic heterocycles. The van der Waals surface area contributed by atoms with E-state index in [2.05, 4.69) is 10.6 Å². The lowest BCUT2D eigenvalue weighted by atomic mass is 10.0. The van der Waals surface area contributed by atoms with Crippen molar-refractivity contribution in [2.45, 2.75) is 12.8 Å². The first-order valence-corrected chi connectivity index (χ1v) is 6.18. The third-order valence-electron chi connectivity index (χ3n) is 2.29. The van der Waals surface area contributed by atoms with Crippen LogP contribution in [0.3, 0.4) is 0 Å². The van der Waals surface area contributed by atoms with Crippen molar-refractivity contribution in [2.75, 3.05) is 31.2 Å². The zero-order valence-electron chi connectivity index (χ0n) is 8.29. The maximum absolute atomic E-state index is 11.1. The lowest BCUT2D eigenvalue weighted by Crippen LogP contribution is -2.40. The van der Waals surface area contributed by atoms with Crippen molar-refractivity contribution < 1.29 is 9.90 Å². The van der Waals surface area contributed by atoms with Crippen LogP contribution in [0, 0.1) is 5.92 Å². The molecule has 0 unspecified atom stereocenters. The summed E-state index contributed by atoms with van der Waals surface area (Å²) in [6, 6.07) is -0.169. The maximum atomic E-state index is 11.1. The molecule has 1 aliphatic rings. The fourth-order valence-electron chi connectivity index (χ4n) is 1.42. The molecule has 0 radical (unpaired) electrons. The van der Waals surface area contributed by atoms with Crippen molar-refractivity contribution in [1.82, 2.24) is 10.6 Å². The molecule has 0 aromatic heterocycles. The van der Waals surface area contributed by atoms with Crippen LogP contribution < -0.4 is 10.6 Å². The van der Waals surface area contributed by atoms with Gasteiger partial charge in [0.1, 0.15) is 0 Å². The molecule has 1 heterocycles.